The van der Waals surface area contributed by atoms with Crippen LogP contribution in [0.5, 0.6) is 0 Å². The number of carbonyl (C=O) groups is 1. The van der Waals surface area contributed by atoms with Crippen molar-refractivity contribution in [1.29, 1.82) is 0 Å². The molecule has 0 radical (unpaired) electrons. The summed E-state index contributed by atoms with van der Waals surface area (Å²) >= 11 is 0. The largest absolute Gasteiger partial charge is 0.378 e. The van der Waals surface area contributed by atoms with E-state index in [1.165, 1.54) is 4.90 Å². The fourth-order valence-electron chi connectivity index (χ4n) is 1.37. The normalized spacial score (nSPS) is 10.7. The Balaban J connectivity index is 2.27. The Kier molecular flexibility index (Phi) is 6.89. The molecule has 1 amide bonds. The molecule has 1 aromatic heterocycles. The van der Waals surface area contributed by atoms with Crippen LogP contribution in [-0.4, -0.2) is 80.4 Å². The number of anilines is 1. The van der Waals surface area contributed by atoms with Gasteiger partial charge in [0, 0.05) is 27.2 Å². The van der Waals surface area contributed by atoms with Gasteiger partial charge in [-0.05, 0) is 26.2 Å². The number of amides is 1. The second-order valence-electron chi connectivity index (χ2n) is 4.85. The molecule has 0 aliphatic rings. The number of ether oxygens (including phenoxy) is 1. The van der Waals surface area contributed by atoms with Crippen LogP contribution in [0, 0.1) is 0 Å². The monoisotopic (exact) mass is 281 g/mol. The second kappa shape index (κ2) is 8.44. The third kappa shape index (κ3) is 5.94. The number of nitrogens with zero attached hydrogens (tertiary/aromatic N) is 4. The van der Waals surface area contributed by atoms with Crippen LogP contribution in [0.3, 0.4) is 0 Å². The lowest BCUT2D eigenvalue weighted by molar-refractivity contribution is 0.0821. The lowest BCUT2D eigenvalue weighted by Gasteiger charge is -2.11. The first-order valence-electron chi connectivity index (χ1n) is 6.52. The minimum absolute atomic E-state index is 0.156. The van der Waals surface area contributed by atoms with Gasteiger partial charge in [-0.2, -0.15) is 0 Å². The Bertz CT molecular complexity index is 406. The van der Waals surface area contributed by atoms with Crippen molar-refractivity contribution >= 4 is 11.7 Å². The van der Waals surface area contributed by atoms with Crippen LogP contribution in [0.15, 0.2) is 12.1 Å². The van der Waals surface area contributed by atoms with Crippen molar-refractivity contribution in [3.05, 3.63) is 17.8 Å². The Morgan fingerprint density at radius 2 is 1.95 bits per heavy atom. The summed E-state index contributed by atoms with van der Waals surface area (Å²) in [4.78, 5) is 15.2. The van der Waals surface area contributed by atoms with Gasteiger partial charge in [0.15, 0.2) is 5.69 Å². The van der Waals surface area contributed by atoms with E-state index in [4.69, 9.17) is 4.74 Å². The molecule has 1 N–H and O–H groups in total. The maximum Gasteiger partial charge on any atom is 0.273 e. The number of aromatic nitrogens is 2. The third-order valence-electron chi connectivity index (χ3n) is 2.53. The summed E-state index contributed by atoms with van der Waals surface area (Å²) in [6.45, 7) is 2.87. The Morgan fingerprint density at radius 1 is 1.20 bits per heavy atom. The molecule has 0 spiro atoms. The summed E-state index contributed by atoms with van der Waals surface area (Å²) in [5, 5.41) is 10.9. The van der Waals surface area contributed by atoms with E-state index >= 15 is 0 Å². The summed E-state index contributed by atoms with van der Waals surface area (Å²) in [5.74, 6) is 0.479. The smallest absolute Gasteiger partial charge is 0.273 e. The van der Waals surface area contributed by atoms with Gasteiger partial charge in [0.2, 0.25) is 0 Å². The molecule has 20 heavy (non-hydrogen) atoms. The summed E-state index contributed by atoms with van der Waals surface area (Å²) in [7, 11) is 7.38. The molecular weight excluding hydrogens is 258 g/mol. The Morgan fingerprint density at radius 3 is 2.50 bits per heavy atom. The molecular formula is C13H23N5O2. The van der Waals surface area contributed by atoms with E-state index in [0.29, 0.717) is 31.3 Å². The zero-order valence-corrected chi connectivity index (χ0v) is 12.6. The van der Waals surface area contributed by atoms with Crippen molar-refractivity contribution in [1.82, 2.24) is 20.0 Å². The predicted molar refractivity (Wildman–Crippen MR) is 77.9 cm³/mol. The maximum absolute atomic E-state index is 11.6. The zero-order valence-electron chi connectivity index (χ0n) is 12.6. The maximum atomic E-state index is 11.6. The molecule has 0 aliphatic carbocycles. The minimum Gasteiger partial charge on any atom is -0.378 e. The van der Waals surface area contributed by atoms with E-state index in [1.807, 2.05) is 14.1 Å². The molecule has 0 bridgehead atoms. The molecule has 0 fully saturated rings. The molecule has 0 aliphatic heterocycles. The van der Waals surface area contributed by atoms with Crippen molar-refractivity contribution in [2.45, 2.75) is 0 Å². The van der Waals surface area contributed by atoms with E-state index in [1.54, 1.807) is 26.2 Å². The lowest BCUT2D eigenvalue weighted by Crippen LogP contribution is -2.23. The first-order valence-corrected chi connectivity index (χ1v) is 6.52. The second-order valence-corrected chi connectivity index (χ2v) is 4.85. The van der Waals surface area contributed by atoms with Gasteiger partial charge < -0.3 is 19.9 Å². The van der Waals surface area contributed by atoms with E-state index in [-0.39, 0.29) is 5.91 Å². The predicted octanol–water partition coefficient (Wildman–Crippen LogP) is 0.169. The fourth-order valence-corrected chi connectivity index (χ4v) is 1.37. The molecule has 1 heterocycles. The molecule has 112 valence electrons. The number of hydrogen-bond acceptors (Lipinski definition) is 6. The van der Waals surface area contributed by atoms with Gasteiger partial charge in [0.1, 0.15) is 5.82 Å². The molecule has 1 aromatic rings. The quantitative estimate of drug-likeness (QED) is 0.685. The Labute approximate surface area is 119 Å². The molecule has 0 atom stereocenters. The molecule has 7 nitrogen and oxygen atoms in total. The van der Waals surface area contributed by atoms with Crippen molar-refractivity contribution in [2.75, 3.05) is 59.8 Å². The summed E-state index contributed by atoms with van der Waals surface area (Å²) in [5.41, 5.74) is 0.336. The van der Waals surface area contributed by atoms with Crippen LogP contribution in [0.4, 0.5) is 5.82 Å². The van der Waals surface area contributed by atoms with Gasteiger partial charge in [0.05, 0.1) is 13.2 Å². The third-order valence-corrected chi connectivity index (χ3v) is 2.53. The van der Waals surface area contributed by atoms with Crippen LogP contribution in [0.1, 0.15) is 10.5 Å². The highest BCUT2D eigenvalue weighted by molar-refractivity contribution is 5.91. The SMILES string of the molecule is CN(C)CCOCCNc1ccc(C(=O)N(C)C)nn1. The minimum atomic E-state index is -0.156. The lowest BCUT2D eigenvalue weighted by atomic mass is 10.3. The van der Waals surface area contributed by atoms with Crippen LogP contribution in [-0.2, 0) is 4.74 Å². The van der Waals surface area contributed by atoms with Crippen LogP contribution < -0.4 is 5.32 Å². The zero-order chi connectivity index (χ0) is 15.0. The van der Waals surface area contributed by atoms with E-state index < -0.39 is 0 Å². The van der Waals surface area contributed by atoms with Gasteiger partial charge >= 0.3 is 0 Å². The molecule has 7 heteroatoms. The highest BCUT2D eigenvalue weighted by Gasteiger charge is 2.09. The van der Waals surface area contributed by atoms with Gasteiger partial charge in [-0.25, -0.2) is 0 Å². The van der Waals surface area contributed by atoms with Gasteiger partial charge in [-0.15, -0.1) is 10.2 Å². The van der Waals surface area contributed by atoms with Crippen LogP contribution in [0.2, 0.25) is 0 Å². The van der Waals surface area contributed by atoms with Gasteiger partial charge in [-0.3, -0.25) is 4.79 Å². The molecule has 0 saturated carbocycles. The van der Waals surface area contributed by atoms with Crippen LogP contribution >= 0.6 is 0 Å². The average molecular weight is 281 g/mol. The topological polar surface area (TPSA) is 70.6 Å². The molecule has 1 rings (SSSR count). The van der Waals surface area contributed by atoms with E-state index in [0.717, 1.165) is 6.54 Å². The molecule has 0 aromatic carbocycles. The number of carbonyl (C=O) groups excluding carboxylic acids is 1. The van der Waals surface area contributed by atoms with Crippen molar-refractivity contribution in [3.8, 4) is 0 Å². The standard InChI is InChI=1S/C13H23N5O2/c1-17(2)8-10-20-9-7-14-12-6-5-11(15-16-12)13(19)18(3)4/h5-6H,7-10H2,1-4H3,(H,14,16). The van der Waals surface area contributed by atoms with Crippen molar-refractivity contribution < 1.29 is 9.53 Å². The number of rotatable bonds is 8. The first-order chi connectivity index (χ1) is 9.50. The summed E-state index contributed by atoms with van der Waals surface area (Å²) in [6, 6.07) is 3.40. The average Bonchev–Trinajstić information content (AvgIpc) is 2.42. The van der Waals surface area contributed by atoms with Crippen molar-refractivity contribution in [3.63, 3.8) is 0 Å². The number of likely N-dealkylation sites (N-methyl/N-ethyl adjacent to an activating group) is 1. The van der Waals surface area contributed by atoms with Gasteiger partial charge in [0.25, 0.3) is 5.91 Å². The number of nitrogens with one attached hydrogen (secondary N) is 1. The summed E-state index contributed by atoms with van der Waals surface area (Å²) < 4.78 is 5.45. The van der Waals surface area contributed by atoms with Crippen molar-refractivity contribution in [2.24, 2.45) is 0 Å². The molecule has 0 unspecified atom stereocenters. The number of hydrogen-bond donors (Lipinski definition) is 1. The highest BCUT2D eigenvalue weighted by Crippen LogP contribution is 2.03. The van der Waals surface area contributed by atoms with Gasteiger partial charge in [-0.1, -0.05) is 0 Å². The first kappa shape index (κ1) is 16.3. The van der Waals surface area contributed by atoms with E-state index in [2.05, 4.69) is 20.4 Å². The fraction of sp³-hybridized carbons (Fsp3) is 0.615. The summed E-state index contributed by atoms with van der Waals surface area (Å²) in [6.07, 6.45) is 0. The van der Waals surface area contributed by atoms with Crippen LogP contribution in [0.25, 0.3) is 0 Å². The van der Waals surface area contributed by atoms with E-state index in [9.17, 15) is 4.79 Å². The highest BCUT2D eigenvalue weighted by atomic mass is 16.5. The Hall–Kier alpha value is -1.73. The molecule has 0 saturated heterocycles.